The van der Waals surface area contributed by atoms with Crippen LogP contribution in [-0.4, -0.2) is 40.6 Å². The van der Waals surface area contributed by atoms with E-state index in [0.29, 0.717) is 0 Å². The maximum absolute atomic E-state index is 12.1. The minimum Gasteiger partial charge on any atom is -0.262 e. The molecule has 3 nitrogen and oxygen atoms in total. The lowest BCUT2D eigenvalue weighted by Crippen LogP contribution is -2.37. The van der Waals surface area contributed by atoms with E-state index in [2.05, 4.69) is 4.18 Å². The lowest BCUT2D eigenvalue weighted by molar-refractivity contribution is -0.0587. The smallest absolute Gasteiger partial charge is 0.262 e. The largest absolute Gasteiger partial charge is 0.523 e. The molecule has 0 aromatic carbocycles. The zero-order valence-corrected chi connectivity index (χ0v) is 8.55. The molecule has 0 aliphatic rings. The first-order valence-corrected chi connectivity index (χ1v) is 5.18. The van der Waals surface area contributed by atoms with Gasteiger partial charge in [-0.05, 0) is 0 Å². The van der Waals surface area contributed by atoms with Crippen molar-refractivity contribution in [2.75, 3.05) is 26.6 Å². The first kappa shape index (κ1) is 15.5. The number of alkyl halides is 6. The molecule has 0 N–H and O–H groups in total. The second kappa shape index (κ2) is 5.21. The fourth-order valence-electron chi connectivity index (χ4n) is 0.492. The Labute approximate surface area is 87.5 Å². The highest BCUT2D eigenvalue weighted by molar-refractivity contribution is 7.87. The summed E-state index contributed by atoms with van der Waals surface area (Å²) in [6.07, 6.45) is 0. The van der Waals surface area contributed by atoms with E-state index in [-0.39, 0.29) is 0 Å². The van der Waals surface area contributed by atoms with Crippen LogP contribution in [0.2, 0.25) is 0 Å². The minimum absolute atomic E-state index is 1.54. The van der Waals surface area contributed by atoms with Gasteiger partial charge in [0.2, 0.25) is 0 Å². The molecule has 16 heavy (non-hydrogen) atoms. The number of rotatable bonds is 6. The van der Waals surface area contributed by atoms with E-state index in [9.17, 15) is 34.8 Å². The predicted molar refractivity (Wildman–Crippen MR) is 41.3 cm³/mol. The topological polar surface area (TPSA) is 43.4 Å². The Morgan fingerprint density at radius 3 is 1.56 bits per heavy atom. The zero-order chi connectivity index (χ0) is 13.0. The molecular formula is C6H8F6O3S. The Morgan fingerprint density at radius 1 is 0.938 bits per heavy atom. The molecule has 0 aliphatic heterocycles. The number of halogens is 6. The van der Waals surface area contributed by atoms with Gasteiger partial charge in [-0.15, -0.1) is 0 Å². The summed E-state index contributed by atoms with van der Waals surface area (Å²) >= 11 is 0. The Bertz CT molecular complexity index is 298. The molecule has 0 rings (SSSR count). The van der Waals surface area contributed by atoms with Crippen LogP contribution in [-0.2, 0) is 14.3 Å². The zero-order valence-electron chi connectivity index (χ0n) is 7.73. The van der Waals surface area contributed by atoms with Gasteiger partial charge >= 0.3 is 15.6 Å². The highest BCUT2D eigenvalue weighted by atomic mass is 32.2. The van der Waals surface area contributed by atoms with E-state index < -0.39 is 47.7 Å². The molecule has 0 saturated carbocycles. The summed E-state index contributed by atoms with van der Waals surface area (Å²) in [5.74, 6) is 0. The molecule has 0 radical (unpaired) electrons. The molecule has 0 aromatic rings. The Morgan fingerprint density at radius 2 is 1.31 bits per heavy atom. The first-order valence-electron chi connectivity index (χ1n) is 3.78. The summed E-state index contributed by atoms with van der Waals surface area (Å²) < 4.78 is 95.6. The molecule has 0 aromatic heterocycles. The SMILES string of the molecule is O=S(=O)(OCC(CF)(CF)CF)C(F)(F)F. The third-order valence-electron chi connectivity index (χ3n) is 1.65. The van der Waals surface area contributed by atoms with Crippen LogP contribution in [0.3, 0.4) is 0 Å². The fraction of sp³-hybridized carbons (Fsp3) is 1.00. The normalized spacial score (nSPS) is 14.1. The highest BCUT2D eigenvalue weighted by Crippen LogP contribution is 2.28. The minimum atomic E-state index is -5.96. The van der Waals surface area contributed by atoms with E-state index in [1.807, 2.05) is 0 Å². The van der Waals surface area contributed by atoms with Crippen molar-refractivity contribution in [3.05, 3.63) is 0 Å². The lowest BCUT2D eigenvalue weighted by Gasteiger charge is -2.23. The molecular weight excluding hydrogens is 266 g/mol. The van der Waals surface area contributed by atoms with Gasteiger partial charge in [-0.3, -0.25) is 17.4 Å². The lowest BCUT2D eigenvalue weighted by atomic mass is 9.95. The maximum Gasteiger partial charge on any atom is 0.523 e. The number of hydrogen-bond acceptors (Lipinski definition) is 3. The van der Waals surface area contributed by atoms with E-state index >= 15 is 0 Å². The van der Waals surface area contributed by atoms with Crippen LogP contribution < -0.4 is 0 Å². The van der Waals surface area contributed by atoms with Gasteiger partial charge in [-0.2, -0.15) is 21.6 Å². The van der Waals surface area contributed by atoms with Crippen LogP contribution >= 0.6 is 0 Å². The van der Waals surface area contributed by atoms with Gasteiger partial charge in [-0.1, -0.05) is 0 Å². The molecule has 0 fully saturated rings. The summed E-state index contributed by atoms with van der Waals surface area (Å²) in [7, 11) is -5.96. The Balaban J connectivity index is 4.68. The quantitative estimate of drug-likeness (QED) is 0.421. The highest BCUT2D eigenvalue weighted by Gasteiger charge is 2.48. The summed E-state index contributed by atoms with van der Waals surface area (Å²) in [6.45, 7) is -6.56. The molecule has 0 amide bonds. The van der Waals surface area contributed by atoms with Crippen molar-refractivity contribution < 1.29 is 38.9 Å². The monoisotopic (exact) mass is 274 g/mol. The first-order chi connectivity index (χ1) is 7.14. The molecule has 0 spiro atoms. The van der Waals surface area contributed by atoms with Gasteiger partial charge in [0.25, 0.3) is 0 Å². The molecule has 98 valence electrons. The third-order valence-corrected chi connectivity index (χ3v) is 2.65. The van der Waals surface area contributed by atoms with E-state index in [4.69, 9.17) is 0 Å². The Kier molecular flexibility index (Phi) is 5.05. The van der Waals surface area contributed by atoms with E-state index in [0.717, 1.165) is 0 Å². The van der Waals surface area contributed by atoms with Crippen LogP contribution in [0.5, 0.6) is 0 Å². The van der Waals surface area contributed by atoms with Gasteiger partial charge in [0, 0.05) is 0 Å². The van der Waals surface area contributed by atoms with Crippen LogP contribution in [0.25, 0.3) is 0 Å². The van der Waals surface area contributed by atoms with Gasteiger partial charge in [0.05, 0.1) is 12.0 Å². The van der Waals surface area contributed by atoms with Crippen molar-refractivity contribution in [2.45, 2.75) is 5.51 Å². The third kappa shape index (κ3) is 3.51. The van der Waals surface area contributed by atoms with Crippen molar-refractivity contribution in [1.29, 1.82) is 0 Å². The molecule has 0 saturated heterocycles. The van der Waals surface area contributed by atoms with E-state index in [1.54, 1.807) is 0 Å². The molecule has 0 atom stereocenters. The fourth-order valence-corrected chi connectivity index (χ4v) is 1.03. The predicted octanol–water partition coefficient (Wildman–Crippen LogP) is 1.75. The maximum atomic E-state index is 12.1. The van der Waals surface area contributed by atoms with Crippen LogP contribution in [0.15, 0.2) is 0 Å². The van der Waals surface area contributed by atoms with Crippen LogP contribution in [0.4, 0.5) is 26.3 Å². The summed E-state index contributed by atoms with van der Waals surface area (Å²) in [6, 6.07) is 0. The summed E-state index contributed by atoms with van der Waals surface area (Å²) in [4.78, 5) is 0. The molecule has 0 bridgehead atoms. The van der Waals surface area contributed by atoms with Crippen molar-refractivity contribution in [3.63, 3.8) is 0 Å². The average Bonchev–Trinajstić information content (AvgIpc) is 2.19. The van der Waals surface area contributed by atoms with Crippen molar-refractivity contribution in [3.8, 4) is 0 Å². The summed E-state index contributed by atoms with van der Waals surface area (Å²) in [5.41, 5.74) is -8.21. The van der Waals surface area contributed by atoms with Crippen molar-refractivity contribution in [1.82, 2.24) is 0 Å². The second-order valence-electron chi connectivity index (χ2n) is 3.06. The Hall–Kier alpha value is -0.510. The summed E-state index contributed by atoms with van der Waals surface area (Å²) in [5, 5.41) is 0. The standard InChI is InChI=1S/C6H8F6O3S/c7-1-5(2-8,3-9)4-15-16(13,14)6(10,11)12/h1-4H2. The second-order valence-corrected chi connectivity index (χ2v) is 4.67. The molecule has 0 aliphatic carbocycles. The van der Waals surface area contributed by atoms with Crippen LogP contribution in [0.1, 0.15) is 0 Å². The van der Waals surface area contributed by atoms with Gasteiger partial charge < -0.3 is 0 Å². The van der Waals surface area contributed by atoms with Crippen molar-refractivity contribution >= 4 is 10.1 Å². The molecule has 0 heterocycles. The van der Waals surface area contributed by atoms with Gasteiger partial charge in [-0.25, -0.2) is 0 Å². The molecule has 0 unspecified atom stereocenters. The van der Waals surface area contributed by atoms with Crippen molar-refractivity contribution in [2.24, 2.45) is 5.41 Å². The van der Waals surface area contributed by atoms with Gasteiger partial charge in [0.1, 0.15) is 20.0 Å². The average molecular weight is 274 g/mol. The van der Waals surface area contributed by atoms with Gasteiger partial charge in [0.15, 0.2) is 0 Å². The van der Waals surface area contributed by atoms with E-state index in [1.165, 1.54) is 0 Å². The van der Waals surface area contributed by atoms with Crippen LogP contribution in [0, 0.1) is 5.41 Å². The number of hydrogen-bond donors (Lipinski definition) is 0. The molecule has 10 heteroatoms.